The molecule has 5 heteroatoms. The van der Waals surface area contributed by atoms with Crippen LogP contribution in [0.25, 0.3) is 0 Å². The molecule has 84 valence electrons. The van der Waals surface area contributed by atoms with Crippen LogP contribution in [-0.4, -0.2) is 9.97 Å². The molecule has 16 heavy (non-hydrogen) atoms. The lowest BCUT2D eigenvalue weighted by molar-refractivity contribution is 0.449. The number of aromatic nitrogens is 2. The van der Waals surface area contributed by atoms with E-state index in [2.05, 4.69) is 31.2 Å². The number of pyridine rings is 1. The summed E-state index contributed by atoms with van der Waals surface area (Å²) in [5.41, 5.74) is 1.12. The van der Waals surface area contributed by atoms with Gasteiger partial charge in [-0.15, -0.1) is 0 Å². The first-order valence-electron chi connectivity index (χ1n) is 4.95. The van der Waals surface area contributed by atoms with Crippen molar-refractivity contribution < 1.29 is 4.42 Å². The number of halogens is 1. The van der Waals surface area contributed by atoms with E-state index in [4.69, 9.17) is 4.42 Å². The highest BCUT2D eigenvalue weighted by atomic mass is 79.9. The Hall–Kier alpha value is -1.20. The Kier molecular flexibility index (Phi) is 3.69. The van der Waals surface area contributed by atoms with Crippen molar-refractivity contribution in [1.82, 2.24) is 15.3 Å². The average molecular weight is 282 g/mol. The highest BCUT2D eigenvalue weighted by Gasteiger charge is 2.00. The number of nitrogens with zero attached hydrogens (tertiary/aromatic N) is 2. The van der Waals surface area contributed by atoms with Crippen LogP contribution in [0.1, 0.15) is 17.2 Å². The molecule has 0 aliphatic heterocycles. The van der Waals surface area contributed by atoms with Crippen LogP contribution in [-0.2, 0) is 13.1 Å². The molecule has 0 atom stereocenters. The molecule has 0 amide bonds. The number of aryl methyl sites for hydroxylation is 1. The largest absolute Gasteiger partial charge is 0.445 e. The van der Waals surface area contributed by atoms with Crippen molar-refractivity contribution in [3.8, 4) is 0 Å². The number of rotatable bonds is 4. The van der Waals surface area contributed by atoms with Gasteiger partial charge >= 0.3 is 0 Å². The molecule has 0 unspecified atom stereocenters. The van der Waals surface area contributed by atoms with Crippen LogP contribution >= 0.6 is 15.9 Å². The van der Waals surface area contributed by atoms with E-state index in [0.29, 0.717) is 12.4 Å². The molecular weight excluding hydrogens is 270 g/mol. The summed E-state index contributed by atoms with van der Waals surface area (Å²) < 4.78 is 6.33. The topological polar surface area (TPSA) is 51.0 Å². The molecule has 0 saturated carbocycles. The summed E-state index contributed by atoms with van der Waals surface area (Å²) in [7, 11) is 0. The zero-order valence-electron chi connectivity index (χ0n) is 8.90. The Bertz CT molecular complexity index is 470. The van der Waals surface area contributed by atoms with E-state index in [1.807, 2.05) is 19.2 Å². The third kappa shape index (κ3) is 3.15. The van der Waals surface area contributed by atoms with Gasteiger partial charge < -0.3 is 9.73 Å². The van der Waals surface area contributed by atoms with Crippen LogP contribution in [0.5, 0.6) is 0 Å². The molecule has 0 radical (unpaired) electrons. The number of oxazole rings is 1. The quantitative estimate of drug-likeness (QED) is 0.935. The van der Waals surface area contributed by atoms with E-state index in [1.54, 1.807) is 12.4 Å². The molecule has 2 aromatic rings. The molecule has 0 fully saturated rings. The second-order valence-corrected chi connectivity index (χ2v) is 4.40. The van der Waals surface area contributed by atoms with Crippen molar-refractivity contribution in [2.24, 2.45) is 0 Å². The minimum absolute atomic E-state index is 0.625. The monoisotopic (exact) mass is 281 g/mol. The third-order valence-corrected chi connectivity index (χ3v) is 2.47. The van der Waals surface area contributed by atoms with Crippen LogP contribution in [0.2, 0.25) is 0 Å². The van der Waals surface area contributed by atoms with Gasteiger partial charge in [0.2, 0.25) is 5.89 Å². The van der Waals surface area contributed by atoms with E-state index in [0.717, 1.165) is 22.3 Å². The maximum atomic E-state index is 5.35. The van der Waals surface area contributed by atoms with E-state index in [1.165, 1.54) is 0 Å². The lowest BCUT2D eigenvalue weighted by Crippen LogP contribution is -2.12. The predicted molar refractivity (Wildman–Crippen MR) is 63.7 cm³/mol. The van der Waals surface area contributed by atoms with Crippen molar-refractivity contribution in [2.45, 2.75) is 20.0 Å². The van der Waals surface area contributed by atoms with Gasteiger partial charge in [0.15, 0.2) is 0 Å². The molecule has 0 saturated heterocycles. The Balaban J connectivity index is 1.84. The summed E-state index contributed by atoms with van der Waals surface area (Å²) in [6.07, 6.45) is 5.32. The zero-order chi connectivity index (χ0) is 11.4. The Morgan fingerprint density at radius 1 is 1.31 bits per heavy atom. The van der Waals surface area contributed by atoms with Gasteiger partial charge in [-0.25, -0.2) is 4.98 Å². The molecule has 0 aromatic carbocycles. The Morgan fingerprint density at radius 3 is 2.88 bits per heavy atom. The van der Waals surface area contributed by atoms with Gasteiger partial charge in [-0.3, -0.25) is 4.98 Å². The summed E-state index contributed by atoms with van der Waals surface area (Å²) in [4.78, 5) is 8.20. The maximum Gasteiger partial charge on any atom is 0.208 e. The first-order chi connectivity index (χ1) is 7.74. The molecule has 0 aliphatic carbocycles. The lowest BCUT2D eigenvalue weighted by Gasteiger charge is -2.02. The lowest BCUT2D eigenvalue weighted by atomic mass is 10.3. The zero-order valence-corrected chi connectivity index (χ0v) is 10.5. The second kappa shape index (κ2) is 5.23. The smallest absolute Gasteiger partial charge is 0.208 e. The van der Waals surface area contributed by atoms with Crippen molar-refractivity contribution in [3.63, 3.8) is 0 Å². The SMILES string of the molecule is Cc1cnc(CNCc2cncc(Br)c2)o1. The summed E-state index contributed by atoms with van der Waals surface area (Å²) in [5.74, 6) is 1.54. The van der Waals surface area contributed by atoms with Gasteiger partial charge in [0.1, 0.15) is 5.76 Å². The molecule has 0 bridgehead atoms. The fraction of sp³-hybridized carbons (Fsp3) is 0.273. The molecule has 1 N–H and O–H groups in total. The highest BCUT2D eigenvalue weighted by Crippen LogP contribution is 2.09. The molecule has 2 heterocycles. The fourth-order valence-corrected chi connectivity index (χ4v) is 1.76. The van der Waals surface area contributed by atoms with Gasteiger partial charge in [0.05, 0.1) is 12.7 Å². The average Bonchev–Trinajstić information content (AvgIpc) is 2.64. The molecule has 2 aromatic heterocycles. The summed E-state index contributed by atoms with van der Waals surface area (Å²) in [6.45, 7) is 3.25. The second-order valence-electron chi connectivity index (χ2n) is 3.48. The van der Waals surface area contributed by atoms with E-state index in [9.17, 15) is 0 Å². The minimum atomic E-state index is 0.625. The molecule has 0 spiro atoms. The summed E-state index contributed by atoms with van der Waals surface area (Å²) in [5, 5.41) is 3.24. The van der Waals surface area contributed by atoms with E-state index in [-0.39, 0.29) is 0 Å². The minimum Gasteiger partial charge on any atom is -0.445 e. The third-order valence-electron chi connectivity index (χ3n) is 2.04. The Morgan fingerprint density at radius 2 is 2.19 bits per heavy atom. The van der Waals surface area contributed by atoms with Gasteiger partial charge in [-0.05, 0) is 34.5 Å². The van der Waals surface area contributed by atoms with Crippen molar-refractivity contribution in [3.05, 3.63) is 46.3 Å². The first-order valence-corrected chi connectivity index (χ1v) is 5.75. The van der Waals surface area contributed by atoms with Crippen molar-refractivity contribution in [1.29, 1.82) is 0 Å². The standard InChI is InChI=1S/C11H12BrN3O/c1-8-3-15-11(16-8)7-14-5-9-2-10(12)6-13-4-9/h2-4,6,14H,5,7H2,1H3. The van der Waals surface area contributed by atoms with Gasteiger partial charge in [0, 0.05) is 23.4 Å². The normalized spacial score (nSPS) is 10.6. The van der Waals surface area contributed by atoms with Crippen LogP contribution in [0.15, 0.2) is 33.5 Å². The van der Waals surface area contributed by atoms with Crippen LogP contribution < -0.4 is 5.32 Å². The van der Waals surface area contributed by atoms with Crippen molar-refractivity contribution >= 4 is 15.9 Å². The molecule has 0 aliphatic rings. The van der Waals surface area contributed by atoms with Crippen LogP contribution in [0.3, 0.4) is 0 Å². The maximum absolute atomic E-state index is 5.35. The Labute approximate surface area is 102 Å². The van der Waals surface area contributed by atoms with Gasteiger partial charge in [-0.1, -0.05) is 0 Å². The summed E-state index contributed by atoms with van der Waals surface area (Å²) >= 11 is 3.38. The number of hydrogen-bond donors (Lipinski definition) is 1. The number of hydrogen-bond acceptors (Lipinski definition) is 4. The first kappa shape index (κ1) is 11.3. The van der Waals surface area contributed by atoms with Crippen molar-refractivity contribution in [2.75, 3.05) is 0 Å². The van der Waals surface area contributed by atoms with E-state index >= 15 is 0 Å². The fourth-order valence-electron chi connectivity index (χ4n) is 1.35. The van der Waals surface area contributed by atoms with Crippen LogP contribution in [0.4, 0.5) is 0 Å². The van der Waals surface area contributed by atoms with Crippen LogP contribution in [0, 0.1) is 6.92 Å². The molecular formula is C11H12BrN3O. The molecule has 2 rings (SSSR count). The summed E-state index contributed by atoms with van der Waals surface area (Å²) in [6, 6.07) is 2.03. The predicted octanol–water partition coefficient (Wildman–Crippen LogP) is 2.43. The van der Waals surface area contributed by atoms with Gasteiger partial charge in [0.25, 0.3) is 0 Å². The van der Waals surface area contributed by atoms with Gasteiger partial charge in [-0.2, -0.15) is 0 Å². The van der Waals surface area contributed by atoms with E-state index < -0.39 is 0 Å². The number of nitrogens with one attached hydrogen (secondary N) is 1. The highest BCUT2D eigenvalue weighted by molar-refractivity contribution is 9.10. The molecule has 4 nitrogen and oxygen atoms in total.